The predicted molar refractivity (Wildman–Crippen MR) is 129 cm³/mol. The number of hydrogen-bond donors (Lipinski definition) is 1. The van der Waals surface area contributed by atoms with E-state index < -0.39 is 5.97 Å². The second kappa shape index (κ2) is 11.1. The van der Waals surface area contributed by atoms with Crippen LogP contribution in [0.1, 0.15) is 22.8 Å². The average Bonchev–Trinajstić information content (AvgIpc) is 3.46. The number of ether oxygens (including phenoxy) is 3. The van der Waals surface area contributed by atoms with Crippen LogP contribution in [0, 0.1) is 0 Å². The van der Waals surface area contributed by atoms with Crippen molar-refractivity contribution in [3.05, 3.63) is 71.0 Å². The summed E-state index contributed by atoms with van der Waals surface area (Å²) in [6, 6.07) is 13.8. The first-order valence-electron chi connectivity index (χ1n) is 10.9. The van der Waals surface area contributed by atoms with Gasteiger partial charge in [0.1, 0.15) is 6.73 Å². The molecule has 10 heteroatoms. The minimum atomic E-state index is -0.441. The van der Waals surface area contributed by atoms with Crippen LogP contribution in [0.3, 0.4) is 0 Å². The first-order chi connectivity index (χ1) is 16.6. The molecule has 1 N–H and O–H groups in total. The second-order valence-electron chi connectivity index (χ2n) is 7.42. The lowest BCUT2D eigenvalue weighted by Crippen LogP contribution is -2.12. The van der Waals surface area contributed by atoms with E-state index in [2.05, 4.69) is 10.4 Å². The SMILES string of the molecule is CCOC(=O)c1cnn(-c2nc3cc(NCc4ccccc4)c(Cl)cc3n2COCCOC)c1. The van der Waals surface area contributed by atoms with Crippen molar-refractivity contribution in [3.63, 3.8) is 0 Å². The zero-order chi connectivity index (χ0) is 23.9. The topological polar surface area (TPSA) is 92.4 Å². The van der Waals surface area contributed by atoms with E-state index in [4.69, 9.17) is 30.8 Å². The predicted octanol–water partition coefficient (Wildman–Crippen LogP) is 4.28. The highest BCUT2D eigenvalue weighted by atomic mass is 35.5. The van der Waals surface area contributed by atoms with Gasteiger partial charge in [0, 0.05) is 19.9 Å². The lowest BCUT2D eigenvalue weighted by Gasteiger charge is -2.11. The molecule has 0 radical (unpaired) electrons. The van der Waals surface area contributed by atoms with Crippen molar-refractivity contribution in [3.8, 4) is 5.95 Å². The summed E-state index contributed by atoms with van der Waals surface area (Å²) in [4.78, 5) is 16.9. The zero-order valence-electron chi connectivity index (χ0n) is 19.0. The van der Waals surface area contributed by atoms with Crippen molar-refractivity contribution < 1.29 is 19.0 Å². The van der Waals surface area contributed by atoms with Gasteiger partial charge in [-0.2, -0.15) is 5.10 Å². The molecule has 9 nitrogen and oxygen atoms in total. The molecule has 0 atom stereocenters. The molecule has 0 aliphatic carbocycles. The maximum atomic E-state index is 12.1. The molecule has 178 valence electrons. The monoisotopic (exact) mass is 483 g/mol. The number of hydrogen-bond acceptors (Lipinski definition) is 7. The van der Waals surface area contributed by atoms with Crippen LogP contribution in [0.25, 0.3) is 17.0 Å². The van der Waals surface area contributed by atoms with E-state index in [0.717, 1.165) is 16.8 Å². The molecule has 34 heavy (non-hydrogen) atoms. The summed E-state index contributed by atoms with van der Waals surface area (Å²) in [5, 5.41) is 8.24. The van der Waals surface area contributed by atoms with Crippen molar-refractivity contribution in [1.29, 1.82) is 0 Å². The third kappa shape index (κ3) is 5.39. The normalized spacial score (nSPS) is 11.1. The fourth-order valence-electron chi connectivity index (χ4n) is 3.41. The smallest absolute Gasteiger partial charge is 0.341 e. The Balaban J connectivity index is 1.67. The van der Waals surface area contributed by atoms with Crippen LogP contribution in [-0.4, -0.2) is 52.2 Å². The summed E-state index contributed by atoms with van der Waals surface area (Å²) in [5.41, 5.74) is 3.72. The summed E-state index contributed by atoms with van der Waals surface area (Å²) in [5.74, 6) is 0.0439. The van der Waals surface area contributed by atoms with Gasteiger partial charge in [0.05, 0.1) is 53.3 Å². The number of benzene rings is 2. The highest BCUT2D eigenvalue weighted by molar-refractivity contribution is 6.34. The Kier molecular flexibility index (Phi) is 7.79. The van der Waals surface area contributed by atoms with E-state index in [-0.39, 0.29) is 13.3 Å². The molecule has 0 saturated carbocycles. The van der Waals surface area contributed by atoms with E-state index >= 15 is 0 Å². The lowest BCUT2D eigenvalue weighted by molar-refractivity contribution is 0.0356. The number of carbonyl (C=O) groups is 1. The van der Waals surface area contributed by atoms with Gasteiger partial charge in [-0.1, -0.05) is 41.9 Å². The van der Waals surface area contributed by atoms with Crippen molar-refractivity contribution in [2.24, 2.45) is 0 Å². The van der Waals surface area contributed by atoms with Crippen LogP contribution < -0.4 is 5.32 Å². The van der Waals surface area contributed by atoms with Gasteiger partial charge in [-0.25, -0.2) is 14.5 Å². The van der Waals surface area contributed by atoms with Gasteiger partial charge in [0.2, 0.25) is 5.95 Å². The number of nitrogens with zero attached hydrogens (tertiary/aromatic N) is 4. The van der Waals surface area contributed by atoms with Gasteiger partial charge in [0.15, 0.2) is 0 Å². The number of esters is 1. The van der Waals surface area contributed by atoms with Gasteiger partial charge < -0.3 is 19.5 Å². The fourth-order valence-corrected chi connectivity index (χ4v) is 3.64. The fraction of sp³-hybridized carbons (Fsp3) is 0.292. The molecule has 2 aromatic heterocycles. The third-order valence-electron chi connectivity index (χ3n) is 5.09. The lowest BCUT2D eigenvalue weighted by atomic mass is 10.2. The number of anilines is 1. The molecule has 0 saturated heterocycles. The van der Waals surface area contributed by atoms with Crippen molar-refractivity contribution in [2.75, 3.05) is 32.2 Å². The molecule has 0 amide bonds. The van der Waals surface area contributed by atoms with Crippen molar-refractivity contribution in [1.82, 2.24) is 19.3 Å². The molecule has 0 aliphatic heterocycles. The Morgan fingerprint density at radius 2 is 2.00 bits per heavy atom. The van der Waals surface area contributed by atoms with Crippen LogP contribution >= 0.6 is 11.6 Å². The minimum Gasteiger partial charge on any atom is -0.462 e. The summed E-state index contributed by atoms with van der Waals surface area (Å²) >= 11 is 6.61. The number of carbonyl (C=O) groups excluding carboxylic acids is 1. The maximum absolute atomic E-state index is 12.1. The number of imidazole rings is 1. The molecular weight excluding hydrogens is 458 g/mol. The van der Waals surface area contributed by atoms with Crippen LogP contribution in [0.15, 0.2) is 54.9 Å². The Bertz CT molecular complexity index is 1260. The van der Waals surface area contributed by atoms with Crippen LogP contribution in [0.4, 0.5) is 5.69 Å². The summed E-state index contributed by atoms with van der Waals surface area (Å²) < 4.78 is 19.3. The summed E-state index contributed by atoms with van der Waals surface area (Å²) in [6.45, 7) is 3.75. The molecule has 0 fully saturated rings. The van der Waals surface area contributed by atoms with Crippen LogP contribution in [-0.2, 0) is 27.5 Å². The van der Waals surface area contributed by atoms with Crippen molar-refractivity contribution in [2.45, 2.75) is 20.2 Å². The molecular formula is C24H26ClN5O4. The van der Waals surface area contributed by atoms with E-state index in [1.54, 1.807) is 20.2 Å². The number of fused-ring (bicyclic) bond motifs is 1. The zero-order valence-corrected chi connectivity index (χ0v) is 19.8. The van der Waals surface area contributed by atoms with Gasteiger partial charge in [-0.3, -0.25) is 4.57 Å². The first kappa shape index (κ1) is 23.7. The number of nitrogens with one attached hydrogen (secondary N) is 1. The quantitative estimate of drug-likeness (QED) is 0.251. The number of rotatable bonds is 11. The van der Waals surface area contributed by atoms with E-state index in [1.165, 1.54) is 10.9 Å². The molecule has 0 aliphatic rings. The maximum Gasteiger partial charge on any atom is 0.341 e. The number of methoxy groups -OCH3 is 1. The first-order valence-corrected chi connectivity index (χ1v) is 11.2. The van der Waals surface area contributed by atoms with Gasteiger partial charge in [0.25, 0.3) is 0 Å². The molecule has 2 heterocycles. The Morgan fingerprint density at radius 1 is 1.18 bits per heavy atom. The largest absolute Gasteiger partial charge is 0.462 e. The standard InChI is InChI=1S/C24H26ClN5O4/c1-3-34-23(31)18-14-27-30(15-18)24-28-21-12-20(26-13-17-7-5-4-6-8-17)19(25)11-22(21)29(24)16-33-10-9-32-2/h4-8,11-12,14-15,26H,3,9-10,13,16H2,1-2H3. The Morgan fingerprint density at radius 3 is 2.76 bits per heavy atom. The third-order valence-corrected chi connectivity index (χ3v) is 5.41. The van der Waals surface area contributed by atoms with Gasteiger partial charge in [-0.15, -0.1) is 0 Å². The van der Waals surface area contributed by atoms with Crippen LogP contribution in [0.5, 0.6) is 0 Å². The Labute approximate surface area is 202 Å². The van der Waals surface area contributed by atoms with Crippen molar-refractivity contribution >= 4 is 34.3 Å². The van der Waals surface area contributed by atoms with Crippen LogP contribution in [0.2, 0.25) is 5.02 Å². The molecule has 2 aromatic carbocycles. The highest BCUT2D eigenvalue weighted by Gasteiger charge is 2.18. The summed E-state index contributed by atoms with van der Waals surface area (Å²) in [6.07, 6.45) is 3.04. The summed E-state index contributed by atoms with van der Waals surface area (Å²) in [7, 11) is 1.62. The van der Waals surface area contributed by atoms with Gasteiger partial charge in [-0.05, 0) is 24.6 Å². The second-order valence-corrected chi connectivity index (χ2v) is 7.83. The van der Waals surface area contributed by atoms with E-state index in [1.807, 2.05) is 47.0 Å². The molecule has 4 rings (SSSR count). The van der Waals surface area contributed by atoms with E-state index in [0.29, 0.717) is 41.8 Å². The molecule has 0 spiro atoms. The van der Waals surface area contributed by atoms with E-state index in [9.17, 15) is 4.79 Å². The minimum absolute atomic E-state index is 0.205. The Hall–Kier alpha value is -3.40. The highest BCUT2D eigenvalue weighted by Crippen LogP contribution is 2.30. The molecule has 0 bridgehead atoms. The molecule has 0 unspecified atom stereocenters. The average molecular weight is 484 g/mol. The number of aromatic nitrogens is 4. The number of halogens is 1. The van der Waals surface area contributed by atoms with Gasteiger partial charge >= 0.3 is 5.97 Å². The molecule has 4 aromatic rings.